The van der Waals surface area contributed by atoms with Gasteiger partial charge in [-0.3, -0.25) is 4.79 Å². The van der Waals surface area contributed by atoms with Gasteiger partial charge in [0.25, 0.3) is 0 Å². The van der Waals surface area contributed by atoms with E-state index in [0.29, 0.717) is 17.1 Å². The van der Waals surface area contributed by atoms with Crippen LogP contribution in [-0.4, -0.2) is 24.5 Å². The molecular weight excluding hydrogens is 262 g/mol. The lowest BCUT2D eigenvalue weighted by atomic mass is 10.2. The monoisotopic (exact) mass is 277 g/mol. The van der Waals surface area contributed by atoms with Crippen molar-refractivity contribution in [3.63, 3.8) is 0 Å². The minimum absolute atomic E-state index is 0.0643. The molecule has 0 radical (unpaired) electrons. The molecule has 0 aliphatic carbocycles. The molecule has 2 rings (SSSR count). The first-order valence-corrected chi connectivity index (χ1v) is 6.68. The Morgan fingerprint density at radius 2 is 2.26 bits per heavy atom. The maximum Gasteiger partial charge on any atom is 0.244 e. The van der Waals surface area contributed by atoms with Crippen LogP contribution in [0, 0.1) is 11.3 Å². The molecule has 1 heterocycles. The largest absolute Gasteiger partial charge is 0.311 e. The van der Waals surface area contributed by atoms with E-state index in [1.165, 1.54) is 0 Å². The molecule has 4 nitrogen and oxygen atoms in total. The summed E-state index contributed by atoms with van der Waals surface area (Å²) in [5.41, 5.74) is 1.18. The Bertz CT molecular complexity index is 536. The third kappa shape index (κ3) is 2.89. The Balaban J connectivity index is 2.18. The molecule has 1 saturated heterocycles. The van der Waals surface area contributed by atoms with E-state index in [9.17, 15) is 4.79 Å². The minimum Gasteiger partial charge on any atom is -0.311 e. The molecule has 1 fully saturated rings. The second kappa shape index (κ2) is 5.60. The van der Waals surface area contributed by atoms with Gasteiger partial charge in [-0.1, -0.05) is 25.4 Å². The van der Waals surface area contributed by atoms with Crippen molar-refractivity contribution in [2.75, 3.05) is 11.4 Å². The van der Waals surface area contributed by atoms with Gasteiger partial charge in [-0.2, -0.15) is 5.26 Å². The molecule has 1 atom stereocenters. The third-order valence-corrected chi connectivity index (χ3v) is 3.44. The van der Waals surface area contributed by atoms with E-state index >= 15 is 0 Å². The molecule has 1 unspecified atom stereocenters. The van der Waals surface area contributed by atoms with Gasteiger partial charge in [0.15, 0.2) is 0 Å². The van der Waals surface area contributed by atoms with Crippen molar-refractivity contribution >= 4 is 23.2 Å². The summed E-state index contributed by atoms with van der Waals surface area (Å²) in [4.78, 5) is 14.0. The molecule has 0 spiro atoms. The standard InChI is InChI=1S/C14H16ClN3O/c1-9(2)17-13-5-6-18(14(13)19)11-4-3-10(8-16)12(15)7-11/h3-4,7,9,13,17H,5-6H2,1-2H3. The highest BCUT2D eigenvalue weighted by atomic mass is 35.5. The van der Waals surface area contributed by atoms with Crippen LogP contribution in [0.2, 0.25) is 5.02 Å². The second-order valence-corrected chi connectivity index (χ2v) is 5.34. The molecule has 100 valence electrons. The van der Waals surface area contributed by atoms with Crippen molar-refractivity contribution < 1.29 is 4.79 Å². The van der Waals surface area contributed by atoms with Crippen LogP contribution in [0.15, 0.2) is 18.2 Å². The lowest BCUT2D eigenvalue weighted by Gasteiger charge is -2.18. The van der Waals surface area contributed by atoms with Gasteiger partial charge in [0.05, 0.1) is 16.6 Å². The zero-order valence-corrected chi connectivity index (χ0v) is 11.7. The van der Waals surface area contributed by atoms with E-state index in [2.05, 4.69) is 5.32 Å². The van der Waals surface area contributed by atoms with Crippen LogP contribution in [0.5, 0.6) is 0 Å². The lowest BCUT2D eigenvalue weighted by molar-refractivity contribution is -0.118. The SMILES string of the molecule is CC(C)NC1CCN(c2ccc(C#N)c(Cl)c2)C1=O. The summed E-state index contributed by atoms with van der Waals surface area (Å²) < 4.78 is 0. The van der Waals surface area contributed by atoms with E-state index in [-0.39, 0.29) is 18.0 Å². The number of nitrogens with zero attached hydrogens (tertiary/aromatic N) is 2. The van der Waals surface area contributed by atoms with Crippen molar-refractivity contribution in [3.05, 3.63) is 28.8 Å². The third-order valence-electron chi connectivity index (χ3n) is 3.12. The number of rotatable bonds is 3. The number of carbonyl (C=O) groups excluding carboxylic acids is 1. The Labute approximate surface area is 118 Å². The Morgan fingerprint density at radius 3 is 2.84 bits per heavy atom. The summed E-state index contributed by atoms with van der Waals surface area (Å²) in [5, 5.41) is 12.5. The highest BCUT2D eigenvalue weighted by Gasteiger charge is 2.32. The highest BCUT2D eigenvalue weighted by molar-refractivity contribution is 6.32. The number of benzene rings is 1. The maximum atomic E-state index is 12.3. The van der Waals surface area contributed by atoms with E-state index in [1.807, 2.05) is 19.9 Å². The zero-order chi connectivity index (χ0) is 14.0. The number of anilines is 1. The zero-order valence-electron chi connectivity index (χ0n) is 11.0. The van der Waals surface area contributed by atoms with Crippen LogP contribution in [0.4, 0.5) is 5.69 Å². The Hall–Kier alpha value is -1.57. The average molecular weight is 278 g/mol. The average Bonchev–Trinajstić information content (AvgIpc) is 2.70. The molecule has 1 N–H and O–H groups in total. The van der Waals surface area contributed by atoms with E-state index in [0.717, 1.165) is 12.1 Å². The number of carbonyl (C=O) groups is 1. The molecule has 5 heteroatoms. The molecule has 0 aromatic heterocycles. The van der Waals surface area contributed by atoms with Crippen molar-refractivity contribution in [2.45, 2.75) is 32.4 Å². The number of nitriles is 1. The van der Waals surface area contributed by atoms with Crippen LogP contribution >= 0.6 is 11.6 Å². The summed E-state index contributed by atoms with van der Waals surface area (Å²) >= 11 is 6.00. The molecule has 0 bridgehead atoms. The fraction of sp³-hybridized carbons (Fsp3) is 0.429. The molecule has 1 aromatic rings. The van der Waals surface area contributed by atoms with E-state index < -0.39 is 0 Å². The van der Waals surface area contributed by atoms with Crippen LogP contribution < -0.4 is 10.2 Å². The van der Waals surface area contributed by atoms with Gasteiger partial charge < -0.3 is 10.2 Å². The first-order valence-electron chi connectivity index (χ1n) is 6.30. The second-order valence-electron chi connectivity index (χ2n) is 4.93. The summed E-state index contributed by atoms with van der Waals surface area (Å²) in [6.45, 7) is 4.72. The Kier molecular flexibility index (Phi) is 4.08. The molecular formula is C14H16ClN3O. The Morgan fingerprint density at radius 1 is 1.53 bits per heavy atom. The number of hydrogen-bond donors (Lipinski definition) is 1. The molecule has 1 aromatic carbocycles. The number of nitrogens with one attached hydrogen (secondary N) is 1. The van der Waals surface area contributed by atoms with Crippen LogP contribution in [-0.2, 0) is 4.79 Å². The topological polar surface area (TPSA) is 56.1 Å². The fourth-order valence-electron chi connectivity index (χ4n) is 2.26. The molecule has 19 heavy (non-hydrogen) atoms. The fourth-order valence-corrected chi connectivity index (χ4v) is 2.47. The van der Waals surface area contributed by atoms with Gasteiger partial charge in [-0.05, 0) is 24.6 Å². The van der Waals surface area contributed by atoms with E-state index in [1.54, 1.807) is 23.1 Å². The lowest BCUT2D eigenvalue weighted by Crippen LogP contribution is -2.41. The van der Waals surface area contributed by atoms with Gasteiger partial charge in [-0.15, -0.1) is 0 Å². The van der Waals surface area contributed by atoms with Crippen molar-refractivity contribution in [1.29, 1.82) is 5.26 Å². The molecule has 1 aliphatic heterocycles. The number of halogens is 1. The van der Waals surface area contributed by atoms with E-state index in [4.69, 9.17) is 16.9 Å². The first-order chi connectivity index (χ1) is 9.02. The number of hydrogen-bond acceptors (Lipinski definition) is 3. The van der Waals surface area contributed by atoms with Gasteiger partial charge in [0.2, 0.25) is 5.91 Å². The van der Waals surface area contributed by atoms with Crippen LogP contribution in [0.1, 0.15) is 25.8 Å². The smallest absolute Gasteiger partial charge is 0.244 e. The van der Waals surface area contributed by atoms with Gasteiger partial charge in [0, 0.05) is 18.3 Å². The molecule has 0 saturated carbocycles. The van der Waals surface area contributed by atoms with Crippen molar-refractivity contribution in [2.24, 2.45) is 0 Å². The summed E-state index contributed by atoms with van der Waals surface area (Å²) in [6, 6.07) is 7.24. The van der Waals surface area contributed by atoms with Crippen LogP contribution in [0.25, 0.3) is 0 Å². The summed E-state index contributed by atoms with van der Waals surface area (Å²) in [7, 11) is 0. The van der Waals surface area contributed by atoms with Gasteiger partial charge >= 0.3 is 0 Å². The summed E-state index contributed by atoms with van der Waals surface area (Å²) in [6.07, 6.45) is 0.786. The maximum absolute atomic E-state index is 12.3. The molecule has 1 amide bonds. The quantitative estimate of drug-likeness (QED) is 0.922. The predicted octanol–water partition coefficient (Wildman–Crippen LogP) is 2.31. The normalized spacial score (nSPS) is 19.0. The van der Waals surface area contributed by atoms with Gasteiger partial charge in [0.1, 0.15) is 6.07 Å². The highest BCUT2D eigenvalue weighted by Crippen LogP contribution is 2.26. The predicted molar refractivity (Wildman–Crippen MR) is 75.2 cm³/mol. The van der Waals surface area contributed by atoms with Crippen LogP contribution in [0.3, 0.4) is 0 Å². The van der Waals surface area contributed by atoms with Crippen molar-refractivity contribution in [1.82, 2.24) is 5.32 Å². The van der Waals surface area contributed by atoms with Crippen molar-refractivity contribution in [3.8, 4) is 6.07 Å². The number of amides is 1. The first kappa shape index (κ1) is 13.9. The summed E-state index contributed by atoms with van der Waals surface area (Å²) in [5.74, 6) is 0.0643. The molecule has 1 aliphatic rings. The van der Waals surface area contributed by atoms with Gasteiger partial charge in [-0.25, -0.2) is 0 Å². The minimum atomic E-state index is -0.130.